The highest BCUT2D eigenvalue weighted by molar-refractivity contribution is 6.01. The fraction of sp³-hybridized carbons (Fsp3) is 0.688. The smallest absolute Gasteiger partial charge is 0.251 e. The van der Waals surface area contributed by atoms with Gasteiger partial charge in [-0.1, -0.05) is 20.8 Å². The molecule has 1 aliphatic carbocycles. The number of rotatable bonds is 8. The van der Waals surface area contributed by atoms with Crippen LogP contribution >= 0.6 is 0 Å². The third-order valence-corrected chi connectivity index (χ3v) is 4.05. The van der Waals surface area contributed by atoms with Crippen molar-refractivity contribution < 1.29 is 9.59 Å². The molecule has 118 valence electrons. The Morgan fingerprint density at radius 2 is 1.86 bits per heavy atom. The maximum Gasteiger partial charge on any atom is 0.251 e. The van der Waals surface area contributed by atoms with Crippen molar-refractivity contribution in [3.63, 3.8) is 0 Å². The predicted molar refractivity (Wildman–Crippen MR) is 84.5 cm³/mol. The molecule has 1 fully saturated rings. The molecule has 5 heteroatoms. The van der Waals surface area contributed by atoms with Gasteiger partial charge in [-0.05, 0) is 37.7 Å². The molecule has 0 aromatic heterocycles. The molecule has 0 aliphatic heterocycles. The number of amides is 1. The number of ketones is 1. The van der Waals surface area contributed by atoms with Crippen molar-refractivity contribution in [1.29, 1.82) is 0 Å². The zero-order chi connectivity index (χ0) is 16.0. The van der Waals surface area contributed by atoms with Crippen molar-refractivity contribution in [3.8, 4) is 0 Å². The van der Waals surface area contributed by atoms with Gasteiger partial charge in [0, 0.05) is 24.0 Å². The van der Waals surface area contributed by atoms with E-state index in [1.54, 1.807) is 6.08 Å². The van der Waals surface area contributed by atoms with Crippen molar-refractivity contribution in [2.24, 2.45) is 34.2 Å². The lowest BCUT2D eigenvalue weighted by atomic mass is 9.92. The van der Waals surface area contributed by atoms with Gasteiger partial charge in [0.2, 0.25) is 0 Å². The van der Waals surface area contributed by atoms with E-state index in [0.29, 0.717) is 18.0 Å². The summed E-state index contributed by atoms with van der Waals surface area (Å²) in [5.41, 5.74) is 12.3. The molecule has 0 bridgehead atoms. The third kappa shape index (κ3) is 5.69. The van der Waals surface area contributed by atoms with Crippen LogP contribution in [0.5, 0.6) is 0 Å². The molecule has 5 nitrogen and oxygen atoms in total. The summed E-state index contributed by atoms with van der Waals surface area (Å²) in [6.07, 6.45) is 5.33. The Kier molecular flexibility index (Phi) is 6.59. The number of nitrogens with two attached hydrogens (primary N) is 2. The lowest BCUT2D eigenvalue weighted by Crippen LogP contribution is -2.23. The fourth-order valence-electron chi connectivity index (χ4n) is 2.03. The number of Topliss-reactive ketones (excluding diaryl/α,β-unsaturated/α-hetero) is 1. The minimum absolute atomic E-state index is 0.0152. The number of hydrogen-bond acceptors (Lipinski definition) is 3. The number of carbonyl (C=O) groups excluding carboxylic acids is 2. The van der Waals surface area contributed by atoms with Crippen LogP contribution in [0, 0.1) is 17.8 Å². The van der Waals surface area contributed by atoms with Gasteiger partial charge in [0.1, 0.15) is 11.6 Å². The topological polar surface area (TPSA) is 98.5 Å². The Balaban J connectivity index is 2.65. The van der Waals surface area contributed by atoms with Gasteiger partial charge in [-0.2, -0.15) is 4.99 Å². The number of allylic oxidation sites excluding steroid dienone is 1. The molecular weight excluding hydrogens is 266 g/mol. The predicted octanol–water partition coefficient (Wildman–Crippen LogP) is 2.15. The molecule has 1 aliphatic rings. The van der Waals surface area contributed by atoms with E-state index in [-0.39, 0.29) is 35.8 Å². The summed E-state index contributed by atoms with van der Waals surface area (Å²) in [5.74, 6) is -0.0909. The first-order chi connectivity index (χ1) is 9.88. The molecule has 1 saturated carbocycles. The number of hydrogen-bond donors (Lipinski definition) is 2. The molecule has 0 spiro atoms. The van der Waals surface area contributed by atoms with Gasteiger partial charge in [0.15, 0.2) is 0 Å². The Morgan fingerprint density at radius 1 is 1.24 bits per heavy atom. The van der Waals surface area contributed by atoms with E-state index in [9.17, 15) is 9.59 Å². The van der Waals surface area contributed by atoms with E-state index in [2.05, 4.69) is 4.99 Å². The highest BCUT2D eigenvalue weighted by atomic mass is 16.2. The first-order valence-corrected chi connectivity index (χ1v) is 7.76. The SMILES string of the molecule is CCC(C)C(=O)CC(CC)C(=O)N=C(N)/C=C(\N)C1CC1. The highest BCUT2D eigenvalue weighted by Gasteiger charge is 2.25. The summed E-state index contributed by atoms with van der Waals surface area (Å²) in [7, 11) is 0. The summed E-state index contributed by atoms with van der Waals surface area (Å²) >= 11 is 0. The van der Waals surface area contributed by atoms with Crippen LogP contribution in [0.3, 0.4) is 0 Å². The van der Waals surface area contributed by atoms with Gasteiger partial charge >= 0.3 is 0 Å². The zero-order valence-electron chi connectivity index (χ0n) is 13.3. The summed E-state index contributed by atoms with van der Waals surface area (Å²) in [6.45, 7) is 5.73. The van der Waals surface area contributed by atoms with Crippen LogP contribution in [0.25, 0.3) is 0 Å². The second kappa shape index (κ2) is 7.96. The summed E-state index contributed by atoms with van der Waals surface area (Å²) in [6, 6.07) is 0. The quantitative estimate of drug-likeness (QED) is 0.529. The van der Waals surface area contributed by atoms with Crippen LogP contribution in [-0.4, -0.2) is 17.5 Å². The molecule has 4 N–H and O–H groups in total. The minimum atomic E-state index is -0.388. The van der Waals surface area contributed by atoms with Gasteiger partial charge in [-0.25, -0.2) is 0 Å². The molecule has 2 atom stereocenters. The van der Waals surface area contributed by atoms with Crippen LogP contribution in [0.2, 0.25) is 0 Å². The van der Waals surface area contributed by atoms with E-state index in [1.807, 2.05) is 20.8 Å². The lowest BCUT2D eigenvalue weighted by molar-refractivity contribution is -0.129. The second-order valence-electron chi connectivity index (χ2n) is 5.88. The van der Waals surface area contributed by atoms with Gasteiger partial charge < -0.3 is 11.5 Å². The zero-order valence-corrected chi connectivity index (χ0v) is 13.3. The van der Waals surface area contributed by atoms with Gasteiger partial charge in [-0.15, -0.1) is 0 Å². The van der Waals surface area contributed by atoms with E-state index in [0.717, 1.165) is 19.3 Å². The third-order valence-electron chi connectivity index (χ3n) is 4.05. The Hall–Kier alpha value is -1.65. The van der Waals surface area contributed by atoms with Crippen LogP contribution < -0.4 is 11.5 Å². The number of amidine groups is 1. The highest BCUT2D eigenvalue weighted by Crippen LogP contribution is 2.33. The lowest BCUT2D eigenvalue weighted by Gasteiger charge is -2.13. The van der Waals surface area contributed by atoms with Gasteiger partial charge in [0.05, 0.1) is 0 Å². The standard InChI is InChI=1S/C16H27N3O2/c1-4-10(3)14(20)8-11(5-2)16(21)19-15(18)9-13(17)12-6-7-12/h9-12H,4-8,17H2,1-3H3,(H2,18,19,21)/b13-9-. The first-order valence-electron chi connectivity index (χ1n) is 7.76. The van der Waals surface area contributed by atoms with Gasteiger partial charge in [0.25, 0.3) is 5.91 Å². The molecule has 2 unspecified atom stereocenters. The maximum absolute atomic E-state index is 12.1. The van der Waals surface area contributed by atoms with Crippen LogP contribution in [-0.2, 0) is 9.59 Å². The van der Waals surface area contributed by atoms with Crippen molar-refractivity contribution in [2.45, 2.75) is 52.9 Å². The minimum Gasteiger partial charge on any atom is -0.402 e. The van der Waals surface area contributed by atoms with Crippen LogP contribution in [0.1, 0.15) is 52.9 Å². The largest absolute Gasteiger partial charge is 0.402 e. The molecule has 0 saturated heterocycles. The fourth-order valence-corrected chi connectivity index (χ4v) is 2.03. The van der Waals surface area contributed by atoms with E-state index in [4.69, 9.17) is 11.5 Å². The Morgan fingerprint density at radius 3 is 2.33 bits per heavy atom. The molecular formula is C16H27N3O2. The van der Waals surface area contributed by atoms with Crippen LogP contribution in [0.4, 0.5) is 0 Å². The summed E-state index contributed by atoms with van der Waals surface area (Å²) in [4.78, 5) is 27.9. The summed E-state index contributed by atoms with van der Waals surface area (Å²) in [5, 5.41) is 0. The molecule has 1 rings (SSSR count). The maximum atomic E-state index is 12.1. The normalized spacial score (nSPS) is 19.2. The molecule has 0 radical (unpaired) electrons. The summed E-state index contributed by atoms with van der Waals surface area (Å²) < 4.78 is 0. The number of carbonyl (C=O) groups is 2. The van der Waals surface area contributed by atoms with Crippen molar-refractivity contribution in [2.75, 3.05) is 0 Å². The molecule has 0 aromatic carbocycles. The second-order valence-corrected chi connectivity index (χ2v) is 5.88. The molecule has 0 heterocycles. The average molecular weight is 293 g/mol. The molecule has 21 heavy (non-hydrogen) atoms. The van der Waals surface area contributed by atoms with Gasteiger partial charge in [-0.3, -0.25) is 9.59 Å². The van der Waals surface area contributed by atoms with E-state index >= 15 is 0 Å². The first kappa shape index (κ1) is 17.4. The van der Waals surface area contributed by atoms with Crippen molar-refractivity contribution >= 4 is 17.5 Å². The van der Waals surface area contributed by atoms with Crippen molar-refractivity contribution in [1.82, 2.24) is 0 Å². The van der Waals surface area contributed by atoms with Crippen molar-refractivity contribution in [3.05, 3.63) is 11.8 Å². The van der Waals surface area contributed by atoms with E-state index < -0.39 is 0 Å². The molecule has 0 aromatic rings. The average Bonchev–Trinajstić information content (AvgIpc) is 3.27. The van der Waals surface area contributed by atoms with E-state index in [1.165, 1.54) is 0 Å². The van der Waals surface area contributed by atoms with Crippen LogP contribution in [0.15, 0.2) is 16.8 Å². The molecule has 1 amide bonds. The number of aliphatic imine (C=N–C) groups is 1. The monoisotopic (exact) mass is 293 g/mol. The Bertz CT molecular complexity index is 450. The number of nitrogens with zero attached hydrogens (tertiary/aromatic N) is 1. The Labute approximate surface area is 126 Å².